The molecule has 3 rings (SSSR count). The summed E-state index contributed by atoms with van der Waals surface area (Å²) in [7, 11) is 1.70. The minimum absolute atomic E-state index is 0.179. The molecule has 1 fully saturated rings. The maximum atomic E-state index is 12.0. The van der Waals surface area contributed by atoms with Crippen LogP contribution in [0.4, 0.5) is 4.79 Å². The summed E-state index contributed by atoms with van der Waals surface area (Å²) in [6.45, 7) is 7.61. The summed E-state index contributed by atoms with van der Waals surface area (Å²) in [6.07, 6.45) is 2.55. The average Bonchev–Trinajstić information content (AvgIpc) is 3.06. The highest BCUT2D eigenvalue weighted by molar-refractivity contribution is 5.65. The second-order valence-corrected chi connectivity index (χ2v) is 8.70. The molecule has 1 aromatic carbocycles. The molecule has 1 N–H and O–H groups in total. The molecule has 1 aromatic rings. The van der Waals surface area contributed by atoms with Crippen LogP contribution in [0.25, 0.3) is 0 Å². The van der Waals surface area contributed by atoms with E-state index in [1.165, 1.54) is 16.0 Å². The molecular formula is C21H31NO4. The predicted octanol–water partition coefficient (Wildman–Crippen LogP) is 4.05. The molecule has 2 unspecified atom stereocenters. The van der Waals surface area contributed by atoms with Crippen LogP contribution in [0.1, 0.15) is 51.2 Å². The number of amides is 1. The number of ether oxygens (including phenoxy) is 2. The Kier molecular flexibility index (Phi) is 5.31. The number of carbonyl (C=O) groups is 1. The Balaban J connectivity index is 2.15. The Bertz CT molecular complexity index is 648. The van der Waals surface area contributed by atoms with Crippen molar-refractivity contribution in [2.45, 2.75) is 64.2 Å². The van der Waals surface area contributed by atoms with Gasteiger partial charge in [-0.3, -0.25) is 0 Å². The molecule has 2 aliphatic rings. The molecule has 144 valence electrons. The van der Waals surface area contributed by atoms with Gasteiger partial charge in [-0.15, -0.1) is 0 Å². The topological polar surface area (TPSA) is 59.0 Å². The first kappa shape index (κ1) is 19.2. The number of nitrogens with zero attached hydrogens (tertiary/aromatic N) is 1. The van der Waals surface area contributed by atoms with Crippen molar-refractivity contribution in [2.75, 3.05) is 20.3 Å². The molecule has 0 radical (unpaired) electrons. The van der Waals surface area contributed by atoms with Crippen LogP contribution in [-0.4, -0.2) is 48.7 Å². The Morgan fingerprint density at radius 3 is 2.58 bits per heavy atom. The maximum absolute atomic E-state index is 12.0. The van der Waals surface area contributed by atoms with Crippen molar-refractivity contribution in [3.05, 3.63) is 35.4 Å². The van der Waals surface area contributed by atoms with Crippen molar-refractivity contribution in [3.8, 4) is 0 Å². The summed E-state index contributed by atoms with van der Waals surface area (Å²) in [6, 6.07) is 8.32. The first-order valence-electron chi connectivity index (χ1n) is 9.53. The molecule has 1 heterocycles. The molecule has 1 aliphatic heterocycles. The number of hydrogen-bond acceptors (Lipinski definition) is 3. The molecular weight excluding hydrogens is 330 g/mol. The van der Waals surface area contributed by atoms with E-state index < -0.39 is 6.09 Å². The molecule has 1 aliphatic carbocycles. The fourth-order valence-corrected chi connectivity index (χ4v) is 5.27. The molecule has 0 saturated carbocycles. The molecule has 5 heteroatoms. The van der Waals surface area contributed by atoms with E-state index in [1.54, 1.807) is 7.05 Å². The number of rotatable bonds is 4. The van der Waals surface area contributed by atoms with Gasteiger partial charge in [-0.1, -0.05) is 45.0 Å². The van der Waals surface area contributed by atoms with Crippen LogP contribution < -0.4 is 0 Å². The van der Waals surface area contributed by atoms with Gasteiger partial charge in [0.15, 0.2) is 6.29 Å². The number of aryl methyl sites for hydroxylation is 1. The summed E-state index contributed by atoms with van der Waals surface area (Å²) in [4.78, 5) is 13.5. The van der Waals surface area contributed by atoms with Gasteiger partial charge >= 0.3 is 6.09 Å². The van der Waals surface area contributed by atoms with Crippen molar-refractivity contribution in [1.29, 1.82) is 0 Å². The van der Waals surface area contributed by atoms with E-state index in [1.807, 2.05) is 0 Å². The van der Waals surface area contributed by atoms with E-state index in [4.69, 9.17) is 9.47 Å². The number of hydrogen-bond donors (Lipinski definition) is 1. The van der Waals surface area contributed by atoms with E-state index in [0.717, 1.165) is 19.3 Å². The molecule has 1 amide bonds. The van der Waals surface area contributed by atoms with Crippen LogP contribution in [0.2, 0.25) is 0 Å². The minimum atomic E-state index is -0.888. The van der Waals surface area contributed by atoms with Gasteiger partial charge in [0.05, 0.1) is 13.2 Å². The highest BCUT2D eigenvalue weighted by Gasteiger charge is 2.52. The van der Waals surface area contributed by atoms with Gasteiger partial charge in [0.25, 0.3) is 0 Å². The van der Waals surface area contributed by atoms with Gasteiger partial charge in [-0.2, -0.15) is 0 Å². The van der Waals surface area contributed by atoms with Crippen molar-refractivity contribution in [3.63, 3.8) is 0 Å². The molecule has 26 heavy (non-hydrogen) atoms. The predicted molar refractivity (Wildman–Crippen MR) is 100 cm³/mol. The van der Waals surface area contributed by atoms with Crippen molar-refractivity contribution in [2.24, 2.45) is 5.41 Å². The molecule has 5 nitrogen and oxygen atoms in total. The molecule has 0 bridgehead atoms. The highest BCUT2D eigenvalue weighted by atomic mass is 16.7. The van der Waals surface area contributed by atoms with E-state index in [9.17, 15) is 9.90 Å². The van der Waals surface area contributed by atoms with Gasteiger partial charge in [0.2, 0.25) is 0 Å². The SMILES string of the molecule is CN(C(=O)O)C(C(C)(C)C)C1(CC2OCCO2)CCCc2ccccc21. The molecule has 1 saturated heterocycles. The average molecular weight is 361 g/mol. The van der Waals surface area contributed by atoms with E-state index in [0.29, 0.717) is 19.6 Å². The van der Waals surface area contributed by atoms with Crippen molar-refractivity contribution >= 4 is 6.09 Å². The van der Waals surface area contributed by atoms with Gasteiger partial charge < -0.3 is 19.5 Å². The van der Waals surface area contributed by atoms with Crippen LogP contribution in [0, 0.1) is 5.41 Å². The van der Waals surface area contributed by atoms with Crippen LogP contribution in [-0.2, 0) is 21.3 Å². The first-order valence-corrected chi connectivity index (χ1v) is 9.53. The second kappa shape index (κ2) is 7.20. The molecule has 2 atom stereocenters. The van der Waals surface area contributed by atoms with E-state index >= 15 is 0 Å². The Morgan fingerprint density at radius 2 is 1.96 bits per heavy atom. The fraction of sp³-hybridized carbons (Fsp3) is 0.667. The summed E-state index contributed by atoms with van der Waals surface area (Å²) in [5, 5.41) is 9.83. The Labute approximate surface area is 156 Å². The van der Waals surface area contributed by atoms with Crippen molar-refractivity contribution in [1.82, 2.24) is 4.90 Å². The van der Waals surface area contributed by atoms with Gasteiger partial charge in [-0.25, -0.2) is 4.79 Å². The molecule has 0 spiro atoms. The highest BCUT2D eigenvalue weighted by Crippen LogP contribution is 2.50. The summed E-state index contributed by atoms with van der Waals surface area (Å²) in [5.74, 6) is 0. The zero-order valence-corrected chi connectivity index (χ0v) is 16.3. The van der Waals surface area contributed by atoms with Crippen molar-refractivity contribution < 1.29 is 19.4 Å². The third-order valence-electron chi connectivity index (χ3n) is 5.88. The first-order chi connectivity index (χ1) is 12.3. The zero-order valence-electron chi connectivity index (χ0n) is 16.3. The smallest absolute Gasteiger partial charge is 0.407 e. The van der Waals surface area contributed by atoms with E-state index in [-0.39, 0.29) is 23.2 Å². The Morgan fingerprint density at radius 1 is 1.31 bits per heavy atom. The monoisotopic (exact) mass is 361 g/mol. The lowest BCUT2D eigenvalue weighted by molar-refractivity contribution is -0.0815. The van der Waals surface area contributed by atoms with Gasteiger partial charge in [-0.05, 0) is 35.8 Å². The third-order valence-corrected chi connectivity index (χ3v) is 5.88. The summed E-state index contributed by atoms with van der Waals surface area (Å²) >= 11 is 0. The summed E-state index contributed by atoms with van der Waals surface area (Å²) < 4.78 is 11.6. The minimum Gasteiger partial charge on any atom is -0.465 e. The standard InChI is InChI=1S/C21H31NO4/c1-20(2,3)18(22(4)19(23)24)21(14-17-25-12-13-26-17)11-7-9-15-8-5-6-10-16(15)21/h5-6,8,10,17-18H,7,9,11-14H2,1-4H3,(H,23,24). The lowest BCUT2D eigenvalue weighted by atomic mass is 9.57. The zero-order chi connectivity index (χ0) is 18.9. The second-order valence-electron chi connectivity index (χ2n) is 8.70. The van der Waals surface area contributed by atoms with Crippen LogP contribution in [0.3, 0.4) is 0 Å². The van der Waals surface area contributed by atoms with Crippen LogP contribution in [0.15, 0.2) is 24.3 Å². The van der Waals surface area contributed by atoms with E-state index in [2.05, 4.69) is 45.0 Å². The maximum Gasteiger partial charge on any atom is 0.407 e. The quantitative estimate of drug-likeness (QED) is 0.879. The normalized spacial score (nSPS) is 24.9. The number of carboxylic acid groups (broad SMARTS) is 1. The fourth-order valence-electron chi connectivity index (χ4n) is 5.27. The lowest BCUT2D eigenvalue weighted by Crippen LogP contribution is -2.59. The summed E-state index contributed by atoms with van der Waals surface area (Å²) in [5.41, 5.74) is 2.04. The molecule has 0 aromatic heterocycles. The number of likely N-dealkylation sites (N-methyl/N-ethyl adjacent to an activating group) is 1. The van der Waals surface area contributed by atoms with Crippen LogP contribution >= 0.6 is 0 Å². The number of benzene rings is 1. The van der Waals surface area contributed by atoms with Crippen LogP contribution in [0.5, 0.6) is 0 Å². The van der Waals surface area contributed by atoms with Gasteiger partial charge in [0.1, 0.15) is 0 Å². The lowest BCUT2D eigenvalue weighted by Gasteiger charge is -2.53. The Hall–Kier alpha value is -1.59. The number of fused-ring (bicyclic) bond motifs is 1. The largest absolute Gasteiger partial charge is 0.465 e. The third kappa shape index (κ3) is 3.47. The van der Waals surface area contributed by atoms with Gasteiger partial charge in [0, 0.05) is 24.9 Å².